The number of nitrogens with zero attached hydrogens (tertiary/aromatic N) is 2. The van der Waals surface area contributed by atoms with Crippen molar-refractivity contribution in [3.63, 3.8) is 0 Å². The van der Waals surface area contributed by atoms with E-state index in [1.165, 1.54) is 11.3 Å². The van der Waals surface area contributed by atoms with Crippen molar-refractivity contribution in [1.82, 2.24) is 9.78 Å². The summed E-state index contributed by atoms with van der Waals surface area (Å²) in [5.41, 5.74) is 2.35. The lowest BCUT2D eigenvalue weighted by molar-refractivity contribution is 0.0843. The molecule has 0 radical (unpaired) electrons. The highest BCUT2D eigenvalue weighted by molar-refractivity contribution is 5.49. The SMILES string of the molecule is C=Cc1cn(C)nc1C1CCOCC1. The van der Waals surface area contributed by atoms with E-state index in [9.17, 15) is 0 Å². The van der Waals surface area contributed by atoms with E-state index < -0.39 is 0 Å². The van der Waals surface area contributed by atoms with Crippen LogP contribution in [0, 0.1) is 0 Å². The van der Waals surface area contributed by atoms with E-state index in [4.69, 9.17) is 4.74 Å². The van der Waals surface area contributed by atoms with Gasteiger partial charge in [0.1, 0.15) is 0 Å². The van der Waals surface area contributed by atoms with Crippen LogP contribution in [-0.2, 0) is 11.8 Å². The molecule has 0 unspecified atom stereocenters. The molecule has 0 saturated carbocycles. The molecule has 3 nitrogen and oxygen atoms in total. The molecule has 1 aliphatic rings. The summed E-state index contributed by atoms with van der Waals surface area (Å²) in [4.78, 5) is 0. The molecule has 3 heteroatoms. The van der Waals surface area contributed by atoms with Gasteiger partial charge < -0.3 is 4.74 Å². The second-order valence-electron chi connectivity index (χ2n) is 3.73. The topological polar surface area (TPSA) is 27.1 Å². The Labute approximate surface area is 84.4 Å². The molecule has 0 spiro atoms. The number of aromatic nitrogens is 2. The number of rotatable bonds is 2. The molecule has 0 N–H and O–H groups in total. The van der Waals surface area contributed by atoms with Crippen molar-refractivity contribution in [2.45, 2.75) is 18.8 Å². The highest BCUT2D eigenvalue weighted by atomic mass is 16.5. The van der Waals surface area contributed by atoms with Crippen molar-refractivity contribution in [2.75, 3.05) is 13.2 Å². The van der Waals surface area contributed by atoms with Gasteiger partial charge in [0.15, 0.2) is 0 Å². The molecule has 1 aromatic heterocycles. The van der Waals surface area contributed by atoms with Gasteiger partial charge in [-0.3, -0.25) is 4.68 Å². The fourth-order valence-corrected chi connectivity index (χ4v) is 1.97. The summed E-state index contributed by atoms with van der Waals surface area (Å²) < 4.78 is 7.20. The smallest absolute Gasteiger partial charge is 0.0729 e. The Balaban J connectivity index is 2.24. The molecular formula is C11H16N2O. The summed E-state index contributed by atoms with van der Waals surface area (Å²) in [5, 5.41) is 4.50. The van der Waals surface area contributed by atoms with Crippen LogP contribution in [0.1, 0.15) is 30.0 Å². The second-order valence-corrected chi connectivity index (χ2v) is 3.73. The van der Waals surface area contributed by atoms with Crippen LogP contribution < -0.4 is 0 Å². The molecule has 1 fully saturated rings. The summed E-state index contributed by atoms with van der Waals surface area (Å²) in [6.45, 7) is 5.53. The van der Waals surface area contributed by atoms with Crippen molar-refractivity contribution in [1.29, 1.82) is 0 Å². The highest BCUT2D eigenvalue weighted by Crippen LogP contribution is 2.28. The van der Waals surface area contributed by atoms with Gasteiger partial charge in [0.2, 0.25) is 0 Å². The third-order valence-corrected chi connectivity index (χ3v) is 2.72. The molecule has 2 rings (SSSR count). The van der Waals surface area contributed by atoms with E-state index in [-0.39, 0.29) is 0 Å². The monoisotopic (exact) mass is 192 g/mol. The Morgan fingerprint density at radius 3 is 2.93 bits per heavy atom. The number of hydrogen-bond acceptors (Lipinski definition) is 2. The van der Waals surface area contributed by atoms with E-state index in [1.54, 1.807) is 0 Å². The summed E-state index contributed by atoms with van der Waals surface area (Å²) in [7, 11) is 1.95. The lowest BCUT2D eigenvalue weighted by Gasteiger charge is -2.20. The second kappa shape index (κ2) is 3.96. The minimum atomic E-state index is 0.554. The third kappa shape index (κ3) is 1.73. The maximum Gasteiger partial charge on any atom is 0.0729 e. The normalized spacial score (nSPS) is 18.4. The largest absolute Gasteiger partial charge is 0.381 e. The summed E-state index contributed by atoms with van der Waals surface area (Å²) >= 11 is 0. The van der Waals surface area contributed by atoms with Crippen LogP contribution in [0.5, 0.6) is 0 Å². The average molecular weight is 192 g/mol. The van der Waals surface area contributed by atoms with Gasteiger partial charge in [-0.1, -0.05) is 12.7 Å². The number of aryl methyl sites for hydroxylation is 1. The van der Waals surface area contributed by atoms with E-state index in [2.05, 4.69) is 11.7 Å². The van der Waals surface area contributed by atoms with Crippen molar-refractivity contribution in [2.24, 2.45) is 7.05 Å². The number of hydrogen-bond donors (Lipinski definition) is 0. The molecule has 2 heterocycles. The molecule has 0 bridgehead atoms. The predicted octanol–water partition coefficient (Wildman–Crippen LogP) is 1.96. The molecule has 1 saturated heterocycles. The molecular weight excluding hydrogens is 176 g/mol. The Morgan fingerprint density at radius 1 is 1.57 bits per heavy atom. The minimum Gasteiger partial charge on any atom is -0.381 e. The van der Waals surface area contributed by atoms with Gasteiger partial charge in [0.25, 0.3) is 0 Å². The first-order valence-corrected chi connectivity index (χ1v) is 5.05. The molecule has 0 aliphatic carbocycles. The van der Waals surface area contributed by atoms with Gasteiger partial charge in [-0.15, -0.1) is 0 Å². The zero-order valence-corrected chi connectivity index (χ0v) is 8.57. The van der Waals surface area contributed by atoms with Crippen LogP contribution in [0.15, 0.2) is 12.8 Å². The van der Waals surface area contributed by atoms with Crippen LogP contribution in [0.3, 0.4) is 0 Å². The fourth-order valence-electron chi connectivity index (χ4n) is 1.97. The predicted molar refractivity (Wildman–Crippen MR) is 56.1 cm³/mol. The fraction of sp³-hybridized carbons (Fsp3) is 0.545. The van der Waals surface area contributed by atoms with Gasteiger partial charge in [0, 0.05) is 37.9 Å². The zero-order valence-electron chi connectivity index (χ0n) is 8.57. The molecule has 1 aromatic rings. The summed E-state index contributed by atoms with van der Waals surface area (Å²) in [6, 6.07) is 0. The summed E-state index contributed by atoms with van der Waals surface area (Å²) in [6.07, 6.45) is 6.07. The molecule has 76 valence electrons. The Morgan fingerprint density at radius 2 is 2.29 bits per heavy atom. The standard InChI is InChI=1S/C11H16N2O/c1-3-9-8-13(2)12-11(9)10-4-6-14-7-5-10/h3,8,10H,1,4-7H2,2H3. The van der Waals surface area contributed by atoms with Crippen molar-refractivity contribution >= 4 is 6.08 Å². The van der Waals surface area contributed by atoms with Crippen LogP contribution in [0.4, 0.5) is 0 Å². The Hall–Kier alpha value is -1.09. The average Bonchev–Trinajstić information content (AvgIpc) is 2.61. The van der Waals surface area contributed by atoms with E-state index in [0.29, 0.717) is 5.92 Å². The van der Waals surface area contributed by atoms with Crippen LogP contribution in [0.2, 0.25) is 0 Å². The van der Waals surface area contributed by atoms with Gasteiger partial charge >= 0.3 is 0 Å². The molecule has 1 aliphatic heterocycles. The lowest BCUT2D eigenvalue weighted by Crippen LogP contribution is -2.15. The van der Waals surface area contributed by atoms with Gasteiger partial charge in [-0.25, -0.2) is 0 Å². The summed E-state index contributed by atoms with van der Waals surface area (Å²) in [5.74, 6) is 0.554. The van der Waals surface area contributed by atoms with Gasteiger partial charge in [-0.2, -0.15) is 5.10 Å². The molecule has 14 heavy (non-hydrogen) atoms. The maximum absolute atomic E-state index is 5.34. The maximum atomic E-state index is 5.34. The van der Waals surface area contributed by atoms with Crippen molar-refractivity contribution < 1.29 is 4.74 Å². The van der Waals surface area contributed by atoms with Gasteiger partial charge in [0.05, 0.1) is 5.69 Å². The highest BCUT2D eigenvalue weighted by Gasteiger charge is 2.20. The van der Waals surface area contributed by atoms with Crippen LogP contribution in [-0.4, -0.2) is 23.0 Å². The Bertz CT molecular complexity index is 324. The van der Waals surface area contributed by atoms with Crippen molar-refractivity contribution in [3.05, 3.63) is 24.0 Å². The molecule has 0 aromatic carbocycles. The third-order valence-electron chi connectivity index (χ3n) is 2.72. The minimum absolute atomic E-state index is 0.554. The molecule has 0 atom stereocenters. The van der Waals surface area contributed by atoms with Crippen LogP contribution in [0.25, 0.3) is 6.08 Å². The zero-order chi connectivity index (χ0) is 9.97. The van der Waals surface area contributed by atoms with Crippen molar-refractivity contribution in [3.8, 4) is 0 Å². The van der Waals surface area contributed by atoms with E-state index in [0.717, 1.165) is 26.1 Å². The first kappa shape index (κ1) is 9.46. The van der Waals surface area contributed by atoms with E-state index >= 15 is 0 Å². The van der Waals surface area contributed by atoms with E-state index in [1.807, 2.05) is 24.0 Å². The number of ether oxygens (including phenoxy) is 1. The molecule has 0 amide bonds. The first-order chi connectivity index (χ1) is 6.81. The quantitative estimate of drug-likeness (QED) is 0.716. The lowest BCUT2D eigenvalue weighted by atomic mass is 9.94. The van der Waals surface area contributed by atoms with Crippen LogP contribution >= 0.6 is 0 Å². The first-order valence-electron chi connectivity index (χ1n) is 5.05. The van der Waals surface area contributed by atoms with Gasteiger partial charge in [-0.05, 0) is 12.8 Å². The Kier molecular flexibility index (Phi) is 2.68.